The number of piperidine rings is 1. The predicted octanol–water partition coefficient (Wildman–Crippen LogP) is 3.72. The Morgan fingerprint density at radius 2 is 1.65 bits per heavy atom. The molecule has 3 heterocycles. The lowest BCUT2D eigenvalue weighted by atomic mass is 9.98. The Balaban J connectivity index is 1.60. The first-order valence-corrected chi connectivity index (χ1v) is 11.9. The first-order valence-electron chi connectivity index (χ1n) is 11.9. The van der Waals surface area contributed by atoms with Crippen LogP contribution in [0.3, 0.4) is 0 Å². The molecule has 7 heteroatoms. The van der Waals surface area contributed by atoms with E-state index in [1.807, 2.05) is 77.1 Å². The quantitative estimate of drug-likeness (QED) is 0.460. The number of carbonyl (C=O) groups excluding carboxylic acids is 1. The second kappa shape index (κ2) is 9.25. The van der Waals surface area contributed by atoms with Crippen LogP contribution in [0.4, 0.5) is 0 Å². The van der Waals surface area contributed by atoms with Gasteiger partial charge in [-0.05, 0) is 31.2 Å². The van der Waals surface area contributed by atoms with Crippen LogP contribution in [0.2, 0.25) is 0 Å². The van der Waals surface area contributed by atoms with Gasteiger partial charge < -0.3 is 9.47 Å². The highest BCUT2D eigenvalue weighted by Gasteiger charge is 2.25. The molecular formula is C27H29N5O2. The minimum atomic E-state index is -0.273. The number of fused-ring (bicyclic) bond motifs is 1. The van der Waals surface area contributed by atoms with Gasteiger partial charge in [-0.15, -0.1) is 5.10 Å². The Bertz CT molecular complexity index is 1370. The van der Waals surface area contributed by atoms with Crippen molar-refractivity contribution in [3.63, 3.8) is 0 Å². The van der Waals surface area contributed by atoms with Gasteiger partial charge in [0.2, 0.25) is 11.7 Å². The number of nitrogens with zero attached hydrogens (tertiary/aromatic N) is 5. The minimum Gasteiger partial charge on any atom is -0.342 e. The summed E-state index contributed by atoms with van der Waals surface area (Å²) in [6, 6.07) is 19.7. The molecule has 5 rings (SSSR count). The predicted molar refractivity (Wildman–Crippen MR) is 132 cm³/mol. The topological polar surface area (TPSA) is 72.5 Å². The largest absolute Gasteiger partial charge is 0.342 e. The van der Waals surface area contributed by atoms with Crippen molar-refractivity contribution < 1.29 is 4.79 Å². The number of carbonyl (C=O) groups is 1. The highest BCUT2D eigenvalue weighted by Crippen LogP contribution is 2.20. The summed E-state index contributed by atoms with van der Waals surface area (Å²) >= 11 is 0. The number of hydrogen-bond acceptors (Lipinski definition) is 4. The van der Waals surface area contributed by atoms with Gasteiger partial charge in [0.25, 0.3) is 5.56 Å². The summed E-state index contributed by atoms with van der Waals surface area (Å²) in [4.78, 5) is 33.3. The Hall–Kier alpha value is -3.74. The van der Waals surface area contributed by atoms with Crippen molar-refractivity contribution in [2.75, 3.05) is 13.1 Å². The van der Waals surface area contributed by atoms with Crippen molar-refractivity contribution in [3.8, 4) is 11.4 Å². The number of aromatic nitrogens is 4. The Kier molecular flexibility index (Phi) is 6.01. The van der Waals surface area contributed by atoms with E-state index >= 15 is 0 Å². The molecule has 2 aromatic heterocycles. The number of rotatable bonds is 5. The minimum absolute atomic E-state index is 0.00103. The first-order chi connectivity index (χ1) is 16.5. The van der Waals surface area contributed by atoms with Crippen LogP contribution in [-0.2, 0) is 17.8 Å². The molecule has 0 bridgehead atoms. The van der Waals surface area contributed by atoms with Crippen LogP contribution < -0.4 is 5.56 Å². The van der Waals surface area contributed by atoms with Gasteiger partial charge in [0.15, 0.2) is 5.82 Å². The van der Waals surface area contributed by atoms with Gasteiger partial charge in [-0.25, -0.2) is 0 Å². The summed E-state index contributed by atoms with van der Waals surface area (Å²) < 4.78 is 3.36. The third-order valence-corrected chi connectivity index (χ3v) is 6.80. The van der Waals surface area contributed by atoms with E-state index in [1.165, 1.54) is 4.52 Å². The Morgan fingerprint density at radius 3 is 2.32 bits per heavy atom. The van der Waals surface area contributed by atoms with E-state index in [1.54, 1.807) is 0 Å². The Morgan fingerprint density at radius 1 is 1.00 bits per heavy atom. The molecule has 34 heavy (non-hydrogen) atoms. The second-order valence-corrected chi connectivity index (χ2v) is 9.19. The van der Waals surface area contributed by atoms with Crippen molar-refractivity contribution in [1.29, 1.82) is 0 Å². The van der Waals surface area contributed by atoms with Gasteiger partial charge in [-0.2, -0.15) is 9.50 Å². The van der Waals surface area contributed by atoms with Gasteiger partial charge in [-0.1, -0.05) is 67.6 Å². The van der Waals surface area contributed by atoms with Gasteiger partial charge in [0.05, 0.1) is 13.0 Å². The maximum atomic E-state index is 13.5. The van der Waals surface area contributed by atoms with Crippen molar-refractivity contribution in [3.05, 3.63) is 87.8 Å². The maximum absolute atomic E-state index is 13.5. The standard InChI is InChI=1S/C27H29N5O2/c1-19-13-15-30(16-14-19)24(33)17-23-20(2)31(18-21-9-5-3-6-10-21)27-28-25(29-32(27)26(23)34)22-11-7-4-8-12-22/h3-12,19H,13-18H2,1-2H3. The average molecular weight is 456 g/mol. The van der Waals surface area contributed by atoms with E-state index in [4.69, 9.17) is 4.98 Å². The van der Waals surface area contributed by atoms with Gasteiger partial charge in [0, 0.05) is 29.9 Å². The molecule has 1 aliphatic rings. The van der Waals surface area contributed by atoms with E-state index in [2.05, 4.69) is 12.0 Å². The highest BCUT2D eigenvalue weighted by molar-refractivity contribution is 5.79. The fraction of sp³-hybridized carbons (Fsp3) is 0.333. The molecule has 0 unspecified atom stereocenters. The molecule has 1 aliphatic heterocycles. The lowest BCUT2D eigenvalue weighted by Crippen LogP contribution is -2.40. The van der Waals surface area contributed by atoms with Crippen LogP contribution in [0.25, 0.3) is 17.2 Å². The Labute approximate surface area is 198 Å². The fourth-order valence-corrected chi connectivity index (χ4v) is 4.60. The van der Waals surface area contributed by atoms with Gasteiger partial charge in [-0.3, -0.25) is 9.59 Å². The van der Waals surface area contributed by atoms with Crippen molar-refractivity contribution in [2.45, 2.75) is 39.7 Å². The summed E-state index contributed by atoms with van der Waals surface area (Å²) in [5.41, 5.74) is 2.89. The number of amides is 1. The highest BCUT2D eigenvalue weighted by atomic mass is 16.2. The van der Waals surface area contributed by atoms with E-state index in [0.29, 0.717) is 29.6 Å². The van der Waals surface area contributed by atoms with E-state index in [0.717, 1.165) is 42.8 Å². The fourth-order valence-electron chi connectivity index (χ4n) is 4.60. The zero-order valence-electron chi connectivity index (χ0n) is 19.6. The zero-order valence-corrected chi connectivity index (χ0v) is 19.6. The number of hydrogen-bond donors (Lipinski definition) is 0. The molecule has 0 aliphatic carbocycles. The van der Waals surface area contributed by atoms with Crippen LogP contribution >= 0.6 is 0 Å². The molecule has 0 N–H and O–H groups in total. The second-order valence-electron chi connectivity index (χ2n) is 9.19. The molecule has 1 amide bonds. The third kappa shape index (κ3) is 4.25. The molecule has 0 atom stereocenters. The van der Waals surface area contributed by atoms with Crippen LogP contribution in [0, 0.1) is 12.8 Å². The molecule has 174 valence electrons. The summed E-state index contributed by atoms with van der Waals surface area (Å²) in [7, 11) is 0. The molecule has 1 fully saturated rings. The van der Waals surface area contributed by atoms with Crippen LogP contribution in [0.15, 0.2) is 65.5 Å². The van der Waals surface area contributed by atoms with E-state index < -0.39 is 0 Å². The molecule has 2 aromatic carbocycles. The van der Waals surface area contributed by atoms with Crippen LogP contribution in [0.5, 0.6) is 0 Å². The smallest absolute Gasteiger partial charge is 0.279 e. The van der Waals surface area contributed by atoms with E-state index in [9.17, 15) is 9.59 Å². The molecule has 0 spiro atoms. The lowest BCUT2D eigenvalue weighted by Gasteiger charge is -2.30. The van der Waals surface area contributed by atoms with Gasteiger partial charge >= 0.3 is 0 Å². The molecule has 7 nitrogen and oxygen atoms in total. The number of benzene rings is 2. The first kappa shape index (κ1) is 22.1. The SMILES string of the molecule is Cc1c(CC(=O)N2CCC(C)CC2)c(=O)n2nc(-c3ccccc3)nc2n1Cc1ccccc1. The molecule has 0 saturated carbocycles. The molecule has 1 saturated heterocycles. The number of likely N-dealkylation sites (tertiary alicyclic amines) is 1. The van der Waals surface area contributed by atoms with Gasteiger partial charge in [0.1, 0.15) is 0 Å². The molecule has 0 radical (unpaired) electrons. The zero-order chi connectivity index (χ0) is 23.7. The molecular weight excluding hydrogens is 426 g/mol. The average Bonchev–Trinajstić information content (AvgIpc) is 3.32. The van der Waals surface area contributed by atoms with E-state index in [-0.39, 0.29) is 17.9 Å². The van der Waals surface area contributed by atoms with Crippen molar-refractivity contribution in [2.24, 2.45) is 5.92 Å². The third-order valence-electron chi connectivity index (χ3n) is 6.80. The van der Waals surface area contributed by atoms with Crippen LogP contribution in [-0.4, -0.2) is 43.1 Å². The monoisotopic (exact) mass is 455 g/mol. The summed E-state index contributed by atoms with van der Waals surface area (Å²) in [6.07, 6.45) is 2.08. The van der Waals surface area contributed by atoms with Crippen LogP contribution in [0.1, 0.15) is 36.6 Å². The summed E-state index contributed by atoms with van der Waals surface area (Å²) in [5.74, 6) is 1.61. The lowest BCUT2D eigenvalue weighted by molar-refractivity contribution is -0.131. The normalized spacial score (nSPS) is 14.6. The summed E-state index contributed by atoms with van der Waals surface area (Å²) in [5, 5.41) is 4.56. The van der Waals surface area contributed by atoms with Crippen molar-refractivity contribution >= 4 is 11.7 Å². The summed E-state index contributed by atoms with van der Waals surface area (Å²) in [6.45, 7) is 6.16. The maximum Gasteiger partial charge on any atom is 0.279 e. The molecule has 4 aromatic rings. The van der Waals surface area contributed by atoms with Crippen molar-refractivity contribution in [1.82, 2.24) is 24.1 Å².